The maximum Gasteiger partial charge on any atom is 0.412 e. The molecule has 1 saturated heterocycles. The highest BCUT2D eigenvalue weighted by molar-refractivity contribution is 5.84. The molecule has 0 aliphatic carbocycles. The molecule has 5 nitrogen and oxygen atoms in total. The first kappa shape index (κ1) is 22.6. The van der Waals surface area contributed by atoms with Gasteiger partial charge in [0.25, 0.3) is 0 Å². The van der Waals surface area contributed by atoms with Crippen LogP contribution >= 0.6 is 0 Å². The molecule has 0 radical (unpaired) electrons. The Morgan fingerprint density at radius 3 is 2.73 bits per heavy atom. The van der Waals surface area contributed by atoms with Crippen molar-refractivity contribution in [3.05, 3.63) is 24.3 Å². The Kier molecular flexibility index (Phi) is 11.1. The van der Waals surface area contributed by atoms with Gasteiger partial charge in [-0.05, 0) is 25.5 Å². The molecule has 26 heavy (non-hydrogen) atoms. The van der Waals surface area contributed by atoms with Crippen molar-refractivity contribution >= 4 is 11.8 Å². The zero-order chi connectivity index (χ0) is 17.9. The summed E-state index contributed by atoms with van der Waals surface area (Å²) in [4.78, 5) is 13.6. The number of carbonyl (C=O) groups is 1. The van der Waals surface area contributed by atoms with E-state index in [1.807, 2.05) is 31.2 Å². The van der Waals surface area contributed by atoms with Crippen LogP contribution in [0.15, 0.2) is 24.3 Å². The van der Waals surface area contributed by atoms with Crippen molar-refractivity contribution < 1.29 is 31.6 Å². The van der Waals surface area contributed by atoms with Crippen LogP contribution in [-0.2, 0) is 4.74 Å². The van der Waals surface area contributed by atoms with Crippen LogP contribution in [0.1, 0.15) is 52.4 Å². The first-order valence-electron chi connectivity index (χ1n) is 9.71. The van der Waals surface area contributed by atoms with Crippen LogP contribution in [-0.4, -0.2) is 38.4 Å². The minimum atomic E-state index is -0.397. The number of benzene rings is 1. The lowest BCUT2D eigenvalue weighted by molar-refractivity contribution is -0.890. The number of carbonyl (C=O) groups excluding carboxylic acids is 1. The molecule has 1 aliphatic heterocycles. The van der Waals surface area contributed by atoms with Gasteiger partial charge >= 0.3 is 6.09 Å². The van der Waals surface area contributed by atoms with Crippen molar-refractivity contribution in [1.82, 2.24) is 0 Å². The number of hydrogen-bond acceptors (Lipinski definition) is 3. The summed E-state index contributed by atoms with van der Waals surface area (Å²) in [6, 6.07) is 7.49. The molecule has 1 atom stereocenters. The molecule has 6 heteroatoms. The highest BCUT2D eigenvalue weighted by Gasteiger charge is 2.20. The number of unbranched alkanes of at least 4 members (excludes halogenated alkanes) is 3. The molecule has 1 unspecified atom stereocenters. The van der Waals surface area contributed by atoms with Crippen molar-refractivity contribution in [2.24, 2.45) is 0 Å². The zero-order valence-corrected chi connectivity index (χ0v) is 16.8. The molecule has 1 aromatic carbocycles. The van der Waals surface area contributed by atoms with E-state index in [2.05, 4.69) is 12.2 Å². The predicted molar refractivity (Wildman–Crippen MR) is 100 cm³/mol. The molecule has 1 aliphatic rings. The second-order valence-electron chi connectivity index (χ2n) is 6.94. The van der Waals surface area contributed by atoms with Gasteiger partial charge in [0, 0.05) is 24.6 Å². The third kappa shape index (κ3) is 8.77. The Hall–Kier alpha value is -1.46. The highest BCUT2D eigenvalue weighted by atomic mass is 35.5. The topological polar surface area (TPSA) is 52.0 Å². The fraction of sp³-hybridized carbons (Fsp3) is 0.650. The van der Waals surface area contributed by atoms with Crippen LogP contribution in [0.5, 0.6) is 5.75 Å². The molecule has 1 aromatic rings. The maximum absolute atomic E-state index is 12.1. The molecule has 0 spiro atoms. The predicted octanol–water partition coefficient (Wildman–Crippen LogP) is 0.265. The zero-order valence-electron chi connectivity index (χ0n) is 16.1. The minimum Gasteiger partial charge on any atom is -1.00 e. The lowest BCUT2D eigenvalue weighted by atomic mass is 10.2. The largest absolute Gasteiger partial charge is 1.00 e. The number of hydrogen-bond donors (Lipinski definition) is 2. The quantitative estimate of drug-likeness (QED) is 0.569. The average molecular weight is 385 g/mol. The van der Waals surface area contributed by atoms with Gasteiger partial charge in [-0.3, -0.25) is 5.32 Å². The minimum absolute atomic E-state index is 0. The number of halogens is 1. The van der Waals surface area contributed by atoms with Crippen LogP contribution < -0.4 is 27.4 Å². The van der Waals surface area contributed by atoms with Gasteiger partial charge in [-0.25, -0.2) is 4.79 Å². The molecular formula is C20H33ClN2O3. The highest BCUT2D eigenvalue weighted by Crippen LogP contribution is 2.18. The monoisotopic (exact) mass is 384 g/mol. The molecular weight excluding hydrogens is 352 g/mol. The fourth-order valence-corrected chi connectivity index (χ4v) is 3.24. The van der Waals surface area contributed by atoms with Crippen LogP contribution in [0.4, 0.5) is 10.5 Å². The molecule has 1 amide bonds. The van der Waals surface area contributed by atoms with Crippen molar-refractivity contribution in [2.75, 3.05) is 31.6 Å². The Balaban J connectivity index is 0.00000338. The summed E-state index contributed by atoms with van der Waals surface area (Å²) in [6.07, 6.45) is 6.80. The summed E-state index contributed by atoms with van der Waals surface area (Å²) in [5.74, 6) is 0.781. The standard InChI is InChI=1S/C20H32N2O3.ClH/c1-3-4-5-8-14-24-19-11-9-10-18(15-19)21-20(23)25-17(2)16-22-12-6-7-13-22;/h9-11,15,17H,3-8,12-14,16H2,1-2H3,(H,21,23);1H. The molecule has 2 rings (SSSR count). The Bertz CT molecular complexity index is 522. The van der Waals surface area contributed by atoms with Crippen LogP contribution in [0.3, 0.4) is 0 Å². The SMILES string of the molecule is CCCCCCOc1cccc(NC(=O)OC(C)C[NH+]2CCCC2)c1.[Cl-]. The summed E-state index contributed by atoms with van der Waals surface area (Å²) in [5.41, 5.74) is 0.705. The van der Waals surface area contributed by atoms with E-state index in [-0.39, 0.29) is 18.5 Å². The fourth-order valence-electron chi connectivity index (χ4n) is 3.24. The summed E-state index contributed by atoms with van der Waals surface area (Å²) < 4.78 is 11.2. The number of nitrogens with one attached hydrogen (secondary N) is 2. The van der Waals surface area contributed by atoms with Gasteiger partial charge in [0.15, 0.2) is 0 Å². The van der Waals surface area contributed by atoms with Crippen molar-refractivity contribution in [3.8, 4) is 5.75 Å². The number of rotatable bonds is 10. The summed E-state index contributed by atoms with van der Waals surface area (Å²) in [5, 5.41) is 2.80. The maximum atomic E-state index is 12.1. The number of anilines is 1. The smallest absolute Gasteiger partial charge is 0.412 e. The van der Waals surface area contributed by atoms with Crippen molar-refractivity contribution in [1.29, 1.82) is 0 Å². The first-order chi connectivity index (χ1) is 12.2. The number of quaternary nitrogens is 1. The Morgan fingerprint density at radius 1 is 1.23 bits per heavy atom. The van der Waals surface area contributed by atoms with Crippen LogP contribution in [0.25, 0.3) is 0 Å². The summed E-state index contributed by atoms with van der Waals surface area (Å²) in [6.45, 7) is 8.13. The third-order valence-corrected chi connectivity index (χ3v) is 4.54. The van der Waals surface area contributed by atoms with E-state index in [0.29, 0.717) is 12.3 Å². The summed E-state index contributed by atoms with van der Waals surface area (Å²) in [7, 11) is 0. The third-order valence-electron chi connectivity index (χ3n) is 4.54. The molecule has 0 saturated carbocycles. The van der Waals surface area contributed by atoms with E-state index < -0.39 is 6.09 Å². The van der Waals surface area contributed by atoms with E-state index in [9.17, 15) is 4.79 Å². The Labute approximate surface area is 163 Å². The van der Waals surface area contributed by atoms with Gasteiger partial charge in [0.2, 0.25) is 0 Å². The van der Waals surface area contributed by atoms with E-state index in [4.69, 9.17) is 9.47 Å². The molecule has 0 aromatic heterocycles. The van der Waals surface area contributed by atoms with Crippen LogP contribution in [0.2, 0.25) is 0 Å². The second-order valence-corrected chi connectivity index (χ2v) is 6.94. The first-order valence-corrected chi connectivity index (χ1v) is 9.71. The normalized spacial score (nSPS) is 15.2. The lowest BCUT2D eigenvalue weighted by Gasteiger charge is -2.18. The molecule has 0 bridgehead atoms. The van der Waals surface area contributed by atoms with E-state index in [1.54, 1.807) is 0 Å². The van der Waals surface area contributed by atoms with Gasteiger partial charge in [-0.1, -0.05) is 32.3 Å². The second kappa shape index (κ2) is 12.8. The van der Waals surface area contributed by atoms with Gasteiger partial charge in [0.05, 0.1) is 19.7 Å². The number of ether oxygens (including phenoxy) is 2. The van der Waals surface area contributed by atoms with Gasteiger partial charge in [-0.2, -0.15) is 0 Å². The molecule has 1 heterocycles. The van der Waals surface area contributed by atoms with Gasteiger partial charge in [-0.15, -0.1) is 0 Å². The van der Waals surface area contributed by atoms with E-state index in [0.717, 1.165) is 18.7 Å². The van der Waals surface area contributed by atoms with Crippen molar-refractivity contribution in [2.45, 2.75) is 58.5 Å². The average Bonchev–Trinajstić information content (AvgIpc) is 3.07. The molecule has 1 fully saturated rings. The van der Waals surface area contributed by atoms with E-state index >= 15 is 0 Å². The number of amides is 1. The Morgan fingerprint density at radius 2 is 2.00 bits per heavy atom. The van der Waals surface area contributed by atoms with Gasteiger partial charge in [0.1, 0.15) is 18.4 Å². The number of likely N-dealkylation sites (tertiary alicyclic amines) is 1. The lowest BCUT2D eigenvalue weighted by Crippen LogP contribution is -3.11. The van der Waals surface area contributed by atoms with Gasteiger partial charge < -0.3 is 26.8 Å². The molecule has 2 N–H and O–H groups in total. The van der Waals surface area contributed by atoms with Crippen LogP contribution in [0, 0.1) is 0 Å². The molecule has 148 valence electrons. The van der Waals surface area contributed by atoms with E-state index in [1.165, 1.54) is 50.1 Å². The summed E-state index contributed by atoms with van der Waals surface area (Å²) >= 11 is 0. The van der Waals surface area contributed by atoms with Crippen molar-refractivity contribution in [3.63, 3.8) is 0 Å².